The van der Waals surface area contributed by atoms with E-state index in [1.54, 1.807) is 0 Å². The Labute approximate surface area is 100 Å². The van der Waals surface area contributed by atoms with Gasteiger partial charge in [-0.25, -0.2) is 0 Å². The highest BCUT2D eigenvalue weighted by molar-refractivity contribution is 4.81. The molecular formula is C11H21F3N2O. The lowest BCUT2D eigenvalue weighted by atomic mass is 10.2. The van der Waals surface area contributed by atoms with Crippen molar-refractivity contribution in [2.45, 2.75) is 45.1 Å². The standard InChI is InChI=1S/C11H21F3N2O/c1-9(2)15-8-10-4-3-5-16(10)6-7-17-11(12,13)14/h9-10,15H,3-8H2,1-2H3. The lowest BCUT2D eigenvalue weighted by Gasteiger charge is -2.25. The minimum atomic E-state index is -4.51. The van der Waals surface area contributed by atoms with Crippen LogP contribution in [0, 0.1) is 0 Å². The molecule has 0 saturated carbocycles. The number of alkyl halides is 3. The summed E-state index contributed by atoms with van der Waals surface area (Å²) in [5.74, 6) is 0. The zero-order valence-electron chi connectivity index (χ0n) is 10.4. The van der Waals surface area contributed by atoms with Crippen molar-refractivity contribution in [3.63, 3.8) is 0 Å². The predicted molar refractivity (Wildman–Crippen MR) is 59.7 cm³/mol. The number of hydrogen-bond acceptors (Lipinski definition) is 3. The molecule has 1 fully saturated rings. The highest BCUT2D eigenvalue weighted by atomic mass is 19.4. The van der Waals surface area contributed by atoms with Crippen molar-refractivity contribution >= 4 is 0 Å². The Hall–Kier alpha value is -0.330. The molecule has 0 bridgehead atoms. The molecule has 0 aromatic heterocycles. The second-order valence-corrected chi connectivity index (χ2v) is 4.69. The number of rotatable bonds is 6. The number of halogens is 3. The van der Waals surface area contributed by atoms with Crippen LogP contribution in [0.3, 0.4) is 0 Å². The third kappa shape index (κ3) is 6.24. The van der Waals surface area contributed by atoms with Gasteiger partial charge in [0.25, 0.3) is 0 Å². The second kappa shape index (κ2) is 6.56. The smallest absolute Gasteiger partial charge is 0.313 e. The van der Waals surface area contributed by atoms with E-state index < -0.39 is 6.36 Å². The SMILES string of the molecule is CC(C)NCC1CCCN1CCOC(F)(F)F. The second-order valence-electron chi connectivity index (χ2n) is 4.69. The molecule has 1 saturated heterocycles. The topological polar surface area (TPSA) is 24.5 Å². The summed E-state index contributed by atoms with van der Waals surface area (Å²) in [7, 11) is 0. The van der Waals surface area contributed by atoms with Gasteiger partial charge in [0.05, 0.1) is 6.61 Å². The van der Waals surface area contributed by atoms with E-state index in [-0.39, 0.29) is 6.61 Å². The van der Waals surface area contributed by atoms with Gasteiger partial charge in [0, 0.05) is 25.2 Å². The largest absolute Gasteiger partial charge is 0.522 e. The van der Waals surface area contributed by atoms with Gasteiger partial charge in [-0.2, -0.15) is 0 Å². The van der Waals surface area contributed by atoms with E-state index in [4.69, 9.17) is 0 Å². The van der Waals surface area contributed by atoms with Gasteiger partial charge in [0.2, 0.25) is 0 Å². The molecule has 0 aliphatic carbocycles. The van der Waals surface area contributed by atoms with Gasteiger partial charge >= 0.3 is 6.36 Å². The maximum Gasteiger partial charge on any atom is 0.522 e. The molecule has 3 nitrogen and oxygen atoms in total. The highest BCUT2D eigenvalue weighted by Crippen LogP contribution is 2.19. The quantitative estimate of drug-likeness (QED) is 0.784. The van der Waals surface area contributed by atoms with Gasteiger partial charge in [0.15, 0.2) is 0 Å². The Morgan fingerprint density at radius 1 is 1.41 bits per heavy atom. The van der Waals surface area contributed by atoms with Crippen molar-refractivity contribution in [1.82, 2.24) is 10.2 Å². The molecule has 1 unspecified atom stereocenters. The highest BCUT2D eigenvalue weighted by Gasteiger charge is 2.30. The number of likely N-dealkylation sites (tertiary alicyclic amines) is 1. The van der Waals surface area contributed by atoms with Crippen molar-refractivity contribution in [3.8, 4) is 0 Å². The predicted octanol–water partition coefficient (Wildman–Crippen LogP) is 1.99. The number of nitrogens with zero attached hydrogens (tertiary/aromatic N) is 1. The van der Waals surface area contributed by atoms with Crippen LogP contribution in [0.4, 0.5) is 13.2 Å². The Balaban J connectivity index is 2.22. The van der Waals surface area contributed by atoms with Crippen molar-refractivity contribution in [3.05, 3.63) is 0 Å². The fourth-order valence-electron chi connectivity index (χ4n) is 2.07. The van der Waals surface area contributed by atoms with Crippen LogP contribution in [0.2, 0.25) is 0 Å². The van der Waals surface area contributed by atoms with Crippen LogP contribution in [0.15, 0.2) is 0 Å². The molecule has 1 aliphatic heterocycles. The fourth-order valence-corrected chi connectivity index (χ4v) is 2.07. The fraction of sp³-hybridized carbons (Fsp3) is 1.00. The molecule has 1 atom stereocenters. The monoisotopic (exact) mass is 254 g/mol. The normalized spacial score (nSPS) is 22.6. The summed E-state index contributed by atoms with van der Waals surface area (Å²) >= 11 is 0. The van der Waals surface area contributed by atoms with Gasteiger partial charge in [-0.3, -0.25) is 9.64 Å². The number of hydrogen-bond donors (Lipinski definition) is 1. The van der Waals surface area contributed by atoms with E-state index in [9.17, 15) is 13.2 Å². The first-order chi connectivity index (χ1) is 7.88. The third-order valence-corrected chi connectivity index (χ3v) is 2.91. The Bertz CT molecular complexity index is 221. The van der Waals surface area contributed by atoms with Crippen LogP contribution in [0.25, 0.3) is 0 Å². The summed E-state index contributed by atoms with van der Waals surface area (Å²) in [6, 6.07) is 0.748. The maximum absolute atomic E-state index is 11.8. The van der Waals surface area contributed by atoms with Crippen LogP contribution < -0.4 is 5.32 Å². The zero-order chi connectivity index (χ0) is 12.9. The molecule has 102 valence electrons. The lowest BCUT2D eigenvalue weighted by molar-refractivity contribution is -0.325. The first-order valence-corrected chi connectivity index (χ1v) is 6.06. The molecule has 0 radical (unpaired) electrons. The summed E-state index contributed by atoms with van der Waals surface area (Å²) < 4.78 is 39.3. The molecule has 0 amide bonds. The van der Waals surface area contributed by atoms with E-state index in [0.717, 1.165) is 25.9 Å². The van der Waals surface area contributed by atoms with E-state index in [0.29, 0.717) is 18.6 Å². The van der Waals surface area contributed by atoms with Gasteiger partial charge in [0.1, 0.15) is 0 Å². The van der Waals surface area contributed by atoms with Crippen molar-refractivity contribution in [2.24, 2.45) is 0 Å². The minimum absolute atomic E-state index is 0.276. The molecule has 0 aromatic carbocycles. The average molecular weight is 254 g/mol. The number of nitrogens with one attached hydrogen (secondary N) is 1. The molecule has 0 spiro atoms. The summed E-state index contributed by atoms with van der Waals surface area (Å²) in [4.78, 5) is 2.07. The van der Waals surface area contributed by atoms with Crippen molar-refractivity contribution in [1.29, 1.82) is 0 Å². The minimum Gasteiger partial charge on any atom is -0.313 e. The Kier molecular flexibility index (Phi) is 5.69. The van der Waals surface area contributed by atoms with E-state index in [2.05, 4.69) is 28.8 Å². The summed E-state index contributed by atoms with van der Waals surface area (Å²) in [6.45, 7) is 5.90. The molecule has 1 heterocycles. The first-order valence-electron chi connectivity index (χ1n) is 6.06. The summed E-state index contributed by atoms with van der Waals surface area (Å²) in [5, 5.41) is 3.32. The van der Waals surface area contributed by atoms with E-state index in [1.165, 1.54) is 0 Å². The van der Waals surface area contributed by atoms with Crippen LogP contribution in [-0.4, -0.2) is 49.6 Å². The molecule has 6 heteroatoms. The summed E-state index contributed by atoms with van der Waals surface area (Å²) in [5.41, 5.74) is 0. The van der Waals surface area contributed by atoms with Crippen LogP contribution in [-0.2, 0) is 4.74 Å². The number of ether oxygens (including phenoxy) is 1. The van der Waals surface area contributed by atoms with Crippen molar-refractivity contribution < 1.29 is 17.9 Å². The van der Waals surface area contributed by atoms with E-state index in [1.807, 2.05) is 0 Å². The molecule has 1 N–H and O–H groups in total. The maximum atomic E-state index is 11.8. The van der Waals surface area contributed by atoms with Crippen LogP contribution >= 0.6 is 0 Å². The lowest BCUT2D eigenvalue weighted by Crippen LogP contribution is -2.41. The zero-order valence-corrected chi connectivity index (χ0v) is 10.4. The van der Waals surface area contributed by atoms with Crippen LogP contribution in [0.1, 0.15) is 26.7 Å². The Morgan fingerprint density at radius 3 is 2.71 bits per heavy atom. The summed E-state index contributed by atoms with van der Waals surface area (Å²) in [6.07, 6.45) is -2.41. The molecule has 1 rings (SSSR count). The molecule has 0 aromatic rings. The van der Waals surface area contributed by atoms with Gasteiger partial charge in [-0.15, -0.1) is 13.2 Å². The van der Waals surface area contributed by atoms with Gasteiger partial charge in [-0.1, -0.05) is 13.8 Å². The average Bonchev–Trinajstić information content (AvgIpc) is 2.60. The van der Waals surface area contributed by atoms with Gasteiger partial charge < -0.3 is 5.32 Å². The van der Waals surface area contributed by atoms with Gasteiger partial charge in [-0.05, 0) is 19.4 Å². The first kappa shape index (κ1) is 14.7. The van der Waals surface area contributed by atoms with E-state index >= 15 is 0 Å². The third-order valence-electron chi connectivity index (χ3n) is 2.91. The molecule has 17 heavy (non-hydrogen) atoms. The van der Waals surface area contributed by atoms with Crippen LogP contribution in [0.5, 0.6) is 0 Å². The van der Waals surface area contributed by atoms with Crippen molar-refractivity contribution in [2.75, 3.05) is 26.2 Å². The molecule has 1 aliphatic rings. The Morgan fingerprint density at radius 2 is 2.12 bits per heavy atom. The molecular weight excluding hydrogens is 233 g/mol.